The summed E-state index contributed by atoms with van der Waals surface area (Å²) in [6.07, 6.45) is 2.35. The molecule has 2 aliphatic heterocycles. The highest BCUT2D eigenvalue weighted by Crippen LogP contribution is 2.32. The Hall–Kier alpha value is -3.26. The van der Waals surface area contributed by atoms with Gasteiger partial charge in [0.25, 0.3) is 5.91 Å². The van der Waals surface area contributed by atoms with E-state index in [9.17, 15) is 9.59 Å². The molecule has 2 aromatic carbocycles. The molecule has 0 aromatic heterocycles. The van der Waals surface area contributed by atoms with E-state index in [0.29, 0.717) is 17.1 Å². The lowest BCUT2D eigenvalue weighted by molar-refractivity contribution is -0.121. The van der Waals surface area contributed by atoms with Crippen molar-refractivity contribution < 1.29 is 23.8 Å². The zero-order valence-corrected chi connectivity index (χ0v) is 17.6. The third kappa shape index (κ3) is 5.27. The molecular weight excluding hydrogens is 398 g/mol. The summed E-state index contributed by atoms with van der Waals surface area (Å²) in [5, 5.41) is 5.74. The van der Waals surface area contributed by atoms with E-state index in [1.165, 1.54) is 12.8 Å². The summed E-state index contributed by atoms with van der Waals surface area (Å²) in [5.41, 5.74) is 1.42. The molecule has 0 aliphatic carbocycles. The van der Waals surface area contributed by atoms with Gasteiger partial charge in [0.05, 0.1) is 19.7 Å². The molecule has 1 atom stereocenters. The van der Waals surface area contributed by atoms with Gasteiger partial charge in [-0.3, -0.25) is 9.59 Å². The second kappa shape index (κ2) is 9.70. The summed E-state index contributed by atoms with van der Waals surface area (Å²) < 4.78 is 15.8. The lowest BCUT2D eigenvalue weighted by atomic mass is 10.1. The molecule has 0 spiro atoms. The first-order valence-corrected chi connectivity index (χ1v) is 10.5. The zero-order valence-electron chi connectivity index (χ0n) is 17.6. The van der Waals surface area contributed by atoms with Gasteiger partial charge in [0.1, 0.15) is 5.75 Å². The number of nitrogens with one attached hydrogen (secondary N) is 2. The van der Waals surface area contributed by atoms with Crippen LogP contribution in [0.15, 0.2) is 42.5 Å². The Balaban J connectivity index is 1.36. The number of likely N-dealkylation sites (tertiary alicyclic amines) is 1. The van der Waals surface area contributed by atoms with E-state index < -0.39 is 0 Å². The molecule has 4 rings (SSSR count). The Morgan fingerprint density at radius 3 is 2.55 bits per heavy atom. The molecule has 2 N–H and O–H groups in total. The predicted molar refractivity (Wildman–Crippen MR) is 114 cm³/mol. The summed E-state index contributed by atoms with van der Waals surface area (Å²) >= 11 is 0. The summed E-state index contributed by atoms with van der Waals surface area (Å²) in [6, 6.07) is 12.5. The number of hydrogen-bond donors (Lipinski definition) is 2. The number of hydrogen-bond acceptors (Lipinski definition) is 6. The fraction of sp³-hybridized carbons (Fsp3) is 0.391. The van der Waals surface area contributed by atoms with Gasteiger partial charge in [-0.1, -0.05) is 12.1 Å². The van der Waals surface area contributed by atoms with Crippen LogP contribution in [-0.4, -0.2) is 56.8 Å². The predicted octanol–water partition coefficient (Wildman–Crippen LogP) is 2.11. The molecule has 1 fully saturated rings. The normalized spacial score (nSPS) is 16.0. The van der Waals surface area contributed by atoms with Gasteiger partial charge >= 0.3 is 0 Å². The van der Waals surface area contributed by atoms with Crippen LogP contribution >= 0.6 is 0 Å². The summed E-state index contributed by atoms with van der Waals surface area (Å²) in [6.45, 7) is 2.83. The second-order valence-electron chi connectivity index (χ2n) is 7.65. The molecule has 2 heterocycles. The van der Waals surface area contributed by atoms with Crippen molar-refractivity contribution in [2.75, 3.05) is 40.1 Å². The third-order valence-electron chi connectivity index (χ3n) is 5.54. The van der Waals surface area contributed by atoms with Gasteiger partial charge in [-0.05, 0) is 61.8 Å². The summed E-state index contributed by atoms with van der Waals surface area (Å²) in [4.78, 5) is 27.4. The number of amides is 2. The average molecular weight is 425 g/mol. The van der Waals surface area contributed by atoms with Gasteiger partial charge < -0.3 is 29.7 Å². The van der Waals surface area contributed by atoms with Crippen molar-refractivity contribution in [3.63, 3.8) is 0 Å². The highest BCUT2D eigenvalue weighted by molar-refractivity contribution is 5.97. The molecule has 164 valence electrons. The molecule has 8 heteroatoms. The first kappa shape index (κ1) is 21.0. The minimum atomic E-state index is -0.339. The Morgan fingerprint density at radius 1 is 1.06 bits per heavy atom. The summed E-state index contributed by atoms with van der Waals surface area (Å²) in [7, 11) is 1.63. The number of fused-ring (bicyclic) bond motifs is 1. The summed E-state index contributed by atoms with van der Waals surface area (Å²) in [5.74, 6) is 1.33. The maximum atomic E-state index is 12.6. The van der Waals surface area contributed by atoms with E-state index in [-0.39, 0.29) is 31.2 Å². The molecule has 0 saturated carbocycles. The first-order chi connectivity index (χ1) is 15.1. The Kier molecular flexibility index (Phi) is 6.57. The Bertz CT molecular complexity index is 925. The number of carbonyl (C=O) groups is 2. The zero-order chi connectivity index (χ0) is 21.6. The minimum Gasteiger partial charge on any atom is -0.497 e. The van der Waals surface area contributed by atoms with Crippen molar-refractivity contribution in [1.29, 1.82) is 0 Å². The highest BCUT2D eigenvalue weighted by Gasteiger charge is 2.22. The molecule has 8 nitrogen and oxygen atoms in total. The molecule has 31 heavy (non-hydrogen) atoms. The van der Waals surface area contributed by atoms with E-state index in [0.717, 1.165) is 30.9 Å². The van der Waals surface area contributed by atoms with Gasteiger partial charge in [-0.25, -0.2) is 0 Å². The molecule has 1 unspecified atom stereocenters. The number of methoxy groups -OCH3 is 1. The topological polar surface area (TPSA) is 89.1 Å². The fourth-order valence-corrected chi connectivity index (χ4v) is 3.84. The number of ether oxygens (including phenoxy) is 3. The number of carbonyl (C=O) groups excluding carboxylic acids is 2. The van der Waals surface area contributed by atoms with Crippen molar-refractivity contribution >= 4 is 11.8 Å². The molecule has 1 saturated heterocycles. The number of benzene rings is 2. The van der Waals surface area contributed by atoms with E-state index in [2.05, 4.69) is 15.5 Å². The lowest BCUT2D eigenvalue weighted by Crippen LogP contribution is -2.42. The monoisotopic (exact) mass is 425 g/mol. The minimum absolute atomic E-state index is 0.111. The van der Waals surface area contributed by atoms with E-state index >= 15 is 0 Å². The Labute approximate surface area is 181 Å². The maximum absolute atomic E-state index is 12.6. The highest BCUT2D eigenvalue weighted by atomic mass is 16.7. The maximum Gasteiger partial charge on any atom is 0.251 e. The average Bonchev–Trinajstić information content (AvgIpc) is 3.48. The quantitative estimate of drug-likeness (QED) is 0.674. The van der Waals surface area contributed by atoms with Crippen LogP contribution in [0.3, 0.4) is 0 Å². The van der Waals surface area contributed by atoms with Crippen molar-refractivity contribution in [1.82, 2.24) is 15.5 Å². The fourth-order valence-electron chi connectivity index (χ4n) is 3.84. The molecular formula is C23H27N3O5. The molecule has 2 aliphatic rings. The second-order valence-corrected chi connectivity index (χ2v) is 7.65. The first-order valence-electron chi connectivity index (χ1n) is 10.5. The van der Waals surface area contributed by atoms with Crippen LogP contribution in [0.2, 0.25) is 0 Å². The van der Waals surface area contributed by atoms with Crippen LogP contribution in [0.4, 0.5) is 0 Å². The van der Waals surface area contributed by atoms with Crippen molar-refractivity contribution in [3.05, 3.63) is 53.6 Å². The smallest absolute Gasteiger partial charge is 0.251 e. The van der Waals surface area contributed by atoms with Gasteiger partial charge in [-0.15, -0.1) is 0 Å². The number of nitrogens with zero attached hydrogens (tertiary/aromatic N) is 1. The van der Waals surface area contributed by atoms with Crippen molar-refractivity contribution in [2.45, 2.75) is 18.9 Å². The van der Waals surface area contributed by atoms with Crippen LogP contribution < -0.4 is 24.8 Å². The standard InChI is InChI=1S/C23H27N3O5/c1-29-18-7-4-16(5-8-18)19(14-26-10-2-3-11-26)25-22(27)13-24-23(28)17-6-9-20-21(12-17)31-15-30-20/h4-9,12,19H,2-3,10-11,13-15H2,1H3,(H,24,28)(H,25,27). The van der Waals surface area contributed by atoms with Crippen LogP contribution in [0, 0.1) is 0 Å². The van der Waals surface area contributed by atoms with Crippen LogP contribution in [-0.2, 0) is 4.79 Å². The van der Waals surface area contributed by atoms with E-state index in [1.54, 1.807) is 25.3 Å². The number of rotatable bonds is 8. The Morgan fingerprint density at radius 2 is 1.81 bits per heavy atom. The van der Waals surface area contributed by atoms with Crippen LogP contribution in [0.1, 0.15) is 34.8 Å². The molecule has 2 amide bonds. The van der Waals surface area contributed by atoms with Gasteiger partial charge in [0.2, 0.25) is 12.7 Å². The van der Waals surface area contributed by atoms with Gasteiger partial charge in [0.15, 0.2) is 11.5 Å². The van der Waals surface area contributed by atoms with Gasteiger partial charge in [-0.2, -0.15) is 0 Å². The third-order valence-corrected chi connectivity index (χ3v) is 5.54. The van der Waals surface area contributed by atoms with E-state index in [1.807, 2.05) is 24.3 Å². The van der Waals surface area contributed by atoms with E-state index in [4.69, 9.17) is 14.2 Å². The van der Waals surface area contributed by atoms with Crippen LogP contribution in [0.25, 0.3) is 0 Å². The lowest BCUT2D eigenvalue weighted by Gasteiger charge is -2.25. The SMILES string of the molecule is COc1ccc(C(CN2CCCC2)NC(=O)CNC(=O)c2ccc3c(c2)OCO3)cc1. The largest absolute Gasteiger partial charge is 0.497 e. The van der Waals surface area contributed by atoms with Gasteiger partial charge in [0, 0.05) is 12.1 Å². The molecule has 0 radical (unpaired) electrons. The van der Waals surface area contributed by atoms with Crippen molar-refractivity contribution in [2.24, 2.45) is 0 Å². The van der Waals surface area contributed by atoms with Crippen molar-refractivity contribution in [3.8, 4) is 17.2 Å². The molecule has 2 aromatic rings. The molecule has 0 bridgehead atoms. The van der Waals surface area contributed by atoms with Crippen LogP contribution in [0.5, 0.6) is 17.2 Å².